The first-order valence-corrected chi connectivity index (χ1v) is 11.0. The summed E-state index contributed by atoms with van der Waals surface area (Å²) < 4.78 is 5.78. The van der Waals surface area contributed by atoms with Crippen LogP contribution < -0.4 is 5.43 Å². The summed E-state index contributed by atoms with van der Waals surface area (Å²) in [6, 6.07) is 7.03. The molecule has 1 aromatic heterocycles. The Morgan fingerprint density at radius 3 is 3.04 bits per heavy atom. The third-order valence-electron chi connectivity index (χ3n) is 5.93. The summed E-state index contributed by atoms with van der Waals surface area (Å²) in [6.45, 7) is 6.18. The van der Waals surface area contributed by atoms with Crippen molar-refractivity contribution >= 4 is 22.7 Å². The number of nitrogens with zero attached hydrogens (tertiary/aromatic N) is 2. The third-order valence-corrected chi connectivity index (χ3v) is 6.58. The zero-order chi connectivity index (χ0) is 18.1. The monoisotopic (exact) mass is 372 g/mol. The van der Waals surface area contributed by atoms with Crippen LogP contribution in [0.3, 0.4) is 0 Å². The standard InChI is InChI=1S/C21H28N2O2S/c1-15-5-6-20-19(10-15)21(24)16(14-25-20)11-23-13-17-4-3-8-22(17)12-18(23)7-9-26-2/h5-6,10,14,17-18H,3-4,7-9,11-13H2,1-2H3/t17-,18+/m0/s1. The Labute approximate surface area is 159 Å². The molecule has 0 saturated carbocycles. The summed E-state index contributed by atoms with van der Waals surface area (Å²) in [6.07, 6.45) is 7.64. The maximum atomic E-state index is 13.0. The number of fused-ring (bicyclic) bond motifs is 2. The minimum absolute atomic E-state index is 0.132. The van der Waals surface area contributed by atoms with Gasteiger partial charge in [0, 0.05) is 37.3 Å². The molecule has 2 saturated heterocycles. The van der Waals surface area contributed by atoms with Crippen LogP contribution in [0.25, 0.3) is 11.0 Å². The molecular formula is C21H28N2O2S. The third kappa shape index (κ3) is 3.57. The van der Waals surface area contributed by atoms with Crippen LogP contribution in [0.2, 0.25) is 0 Å². The normalized spacial score (nSPS) is 24.2. The molecule has 2 aliphatic heterocycles. The van der Waals surface area contributed by atoms with E-state index in [1.807, 2.05) is 36.9 Å². The second-order valence-corrected chi connectivity index (χ2v) is 8.73. The second-order valence-electron chi connectivity index (χ2n) is 7.75. The number of piperazine rings is 1. The van der Waals surface area contributed by atoms with E-state index in [1.54, 1.807) is 6.26 Å². The van der Waals surface area contributed by atoms with Gasteiger partial charge in [-0.3, -0.25) is 14.6 Å². The molecule has 1 aromatic carbocycles. The predicted molar refractivity (Wildman–Crippen MR) is 109 cm³/mol. The molecule has 2 aromatic rings. The van der Waals surface area contributed by atoms with Gasteiger partial charge in [-0.15, -0.1) is 0 Å². The Morgan fingerprint density at radius 1 is 1.31 bits per heavy atom. The highest BCUT2D eigenvalue weighted by Gasteiger charge is 2.36. The topological polar surface area (TPSA) is 36.7 Å². The van der Waals surface area contributed by atoms with E-state index in [9.17, 15) is 4.79 Å². The van der Waals surface area contributed by atoms with E-state index >= 15 is 0 Å². The van der Waals surface area contributed by atoms with Crippen molar-refractivity contribution in [2.24, 2.45) is 0 Å². The van der Waals surface area contributed by atoms with Crippen molar-refractivity contribution in [3.8, 4) is 0 Å². The lowest BCUT2D eigenvalue weighted by atomic mass is 10.0. The summed E-state index contributed by atoms with van der Waals surface area (Å²) in [4.78, 5) is 18.2. The van der Waals surface area contributed by atoms with E-state index in [2.05, 4.69) is 16.1 Å². The van der Waals surface area contributed by atoms with Gasteiger partial charge in [0.25, 0.3) is 0 Å². The molecule has 2 fully saturated rings. The SMILES string of the molecule is CSCC[C@@H]1CN2CCC[C@H]2CN1Cc1coc2ccc(C)cc2c1=O. The molecule has 0 amide bonds. The van der Waals surface area contributed by atoms with E-state index in [1.165, 1.54) is 31.6 Å². The van der Waals surface area contributed by atoms with Crippen LogP contribution in [0.15, 0.2) is 33.7 Å². The maximum Gasteiger partial charge on any atom is 0.197 e. The van der Waals surface area contributed by atoms with Gasteiger partial charge in [-0.25, -0.2) is 0 Å². The van der Waals surface area contributed by atoms with Crippen molar-refractivity contribution in [1.82, 2.24) is 9.80 Å². The number of thioether (sulfide) groups is 1. The first-order valence-electron chi connectivity index (χ1n) is 9.64. The highest BCUT2D eigenvalue weighted by atomic mass is 32.2. The first-order chi connectivity index (χ1) is 12.7. The van der Waals surface area contributed by atoms with Crippen LogP contribution in [0.5, 0.6) is 0 Å². The van der Waals surface area contributed by atoms with Gasteiger partial charge < -0.3 is 4.42 Å². The predicted octanol–water partition coefficient (Wildman–Crippen LogP) is 3.50. The molecule has 0 aliphatic carbocycles. The van der Waals surface area contributed by atoms with Crippen molar-refractivity contribution in [3.63, 3.8) is 0 Å². The fourth-order valence-electron chi connectivity index (χ4n) is 4.48. The van der Waals surface area contributed by atoms with Gasteiger partial charge in [0.15, 0.2) is 5.43 Å². The molecule has 26 heavy (non-hydrogen) atoms. The van der Waals surface area contributed by atoms with Crippen molar-refractivity contribution in [3.05, 3.63) is 45.8 Å². The van der Waals surface area contributed by atoms with Gasteiger partial charge in [0.2, 0.25) is 0 Å². The number of rotatable bonds is 5. The molecule has 0 bridgehead atoms. The van der Waals surface area contributed by atoms with Gasteiger partial charge in [-0.2, -0.15) is 11.8 Å². The molecule has 4 rings (SSSR count). The van der Waals surface area contributed by atoms with E-state index in [0.717, 1.165) is 24.2 Å². The zero-order valence-corrected chi connectivity index (χ0v) is 16.6. The number of aryl methyl sites for hydroxylation is 1. The number of benzene rings is 1. The lowest BCUT2D eigenvalue weighted by molar-refractivity contribution is 0.0437. The minimum atomic E-state index is 0.132. The molecule has 2 aliphatic rings. The van der Waals surface area contributed by atoms with E-state index in [4.69, 9.17) is 4.42 Å². The van der Waals surface area contributed by atoms with E-state index in [-0.39, 0.29) is 5.43 Å². The van der Waals surface area contributed by atoms with Gasteiger partial charge in [0.05, 0.1) is 11.6 Å². The summed E-state index contributed by atoms with van der Waals surface area (Å²) in [5.74, 6) is 1.17. The molecule has 3 heterocycles. The van der Waals surface area contributed by atoms with Crippen LogP contribution >= 0.6 is 11.8 Å². The highest BCUT2D eigenvalue weighted by Crippen LogP contribution is 2.27. The number of hydrogen-bond donors (Lipinski definition) is 0. The van der Waals surface area contributed by atoms with Gasteiger partial charge >= 0.3 is 0 Å². The summed E-state index contributed by atoms with van der Waals surface area (Å²) in [5.41, 5.74) is 2.71. The van der Waals surface area contributed by atoms with Crippen LogP contribution in [-0.4, -0.2) is 53.5 Å². The maximum absolute atomic E-state index is 13.0. The summed E-state index contributed by atoms with van der Waals surface area (Å²) >= 11 is 1.91. The average Bonchev–Trinajstić information content (AvgIpc) is 3.09. The average molecular weight is 373 g/mol. The minimum Gasteiger partial charge on any atom is -0.464 e. The Kier molecular flexibility index (Phi) is 5.39. The molecule has 5 heteroatoms. The van der Waals surface area contributed by atoms with Crippen molar-refractivity contribution in [2.45, 2.75) is 44.8 Å². The zero-order valence-electron chi connectivity index (χ0n) is 15.7. The first kappa shape index (κ1) is 18.1. The van der Waals surface area contributed by atoms with Crippen molar-refractivity contribution < 1.29 is 4.42 Å². The molecule has 2 atom stereocenters. The molecular weight excluding hydrogens is 344 g/mol. The molecule has 0 unspecified atom stereocenters. The van der Waals surface area contributed by atoms with Gasteiger partial charge in [-0.05, 0) is 56.9 Å². The summed E-state index contributed by atoms with van der Waals surface area (Å²) in [5, 5.41) is 0.711. The van der Waals surface area contributed by atoms with Crippen molar-refractivity contribution in [1.29, 1.82) is 0 Å². The lowest BCUT2D eigenvalue weighted by Gasteiger charge is -2.43. The molecule has 4 nitrogen and oxygen atoms in total. The molecule has 0 N–H and O–H groups in total. The molecule has 0 radical (unpaired) electrons. The Balaban J connectivity index is 1.60. The highest BCUT2D eigenvalue weighted by molar-refractivity contribution is 7.98. The quantitative estimate of drug-likeness (QED) is 0.803. The van der Waals surface area contributed by atoms with E-state index in [0.29, 0.717) is 29.6 Å². The Morgan fingerprint density at radius 2 is 2.19 bits per heavy atom. The van der Waals surface area contributed by atoms with E-state index < -0.39 is 0 Å². The van der Waals surface area contributed by atoms with Crippen molar-refractivity contribution in [2.75, 3.05) is 31.6 Å². The molecule has 140 valence electrons. The molecule has 0 spiro atoms. The lowest BCUT2D eigenvalue weighted by Crippen LogP contribution is -2.56. The van der Waals surface area contributed by atoms with Crippen LogP contribution in [0.1, 0.15) is 30.4 Å². The van der Waals surface area contributed by atoms with Gasteiger partial charge in [-0.1, -0.05) is 11.6 Å². The van der Waals surface area contributed by atoms with Crippen LogP contribution in [0.4, 0.5) is 0 Å². The number of hydrogen-bond acceptors (Lipinski definition) is 5. The van der Waals surface area contributed by atoms with Gasteiger partial charge in [0.1, 0.15) is 5.58 Å². The fraction of sp³-hybridized carbons (Fsp3) is 0.571. The van der Waals surface area contributed by atoms with Crippen LogP contribution in [0, 0.1) is 6.92 Å². The second kappa shape index (κ2) is 7.75. The Bertz CT molecular complexity index is 834. The largest absolute Gasteiger partial charge is 0.464 e. The van der Waals surface area contributed by atoms with Crippen LogP contribution in [-0.2, 0) is 6.54 Å². The Hall–Kier alpha value is -1.30. The summed E-state index contributed by atoms with van der Waals surface area (Å²) in [7, 11) is 0. The fourth-order valence-corrected chi connectivity index (χ4v) is 4.99. The smallest absolute Gasteiger partial charge is 0.197 e.